The monoisotopic (exact) mass is 288 g/mol. The lowest BCUT2D eigenvalue weighted by Crippen LogP contribution is -1.96. The minimum Gasteiger partial charge on any atom is -0.0622 e. The average Bonchev–Trinajstić information content (AvgIpc) is 2.33. The van der Waals surface area contributed by atoms with Crippen molar-refractivity contribution >= 4 is 15.9 Å². The van der Waals surface area contributed by atoms with Crippen LogP contribution in [-0.2, 0) is 0 Å². The van der Waals surface area contributed by atoms with Crippen LogP contribution in [0, 0.1) is 6.92 Å². The van der Waals surface area contributed by atoms with E-state index in [2.05, 4.69) is 79.2 Å². The molecule has 0 fully saturated rings. The van der Waals surface area contributed by atoms with Crippen LogP contribution in [0.2, 0.25) is 0 Å². The lowest BCUT2D eigenvalue weighted by Gasteiger charge is -2.17. The molecule has 2 rings (SSSR count). The lowest BCUT2D eigenvalue weighted by molar-refractivity contribution is 0.861. The van der Waals surface area contributed by atoms with Crippen molar-refractivity contribution in [3.05, 3.63) is 58.1 Å². The highest BCUT2D eigenvalue weighted by Gasteiger charge is 2.13. The van der Waals surface area contributed by atoms with E-state index in [1.165, 1.54) is 26.7 Å². The Kier molecular flexibility index (Phi) is 3.68. The summed E-state index contributed by atoms with van der Waals surface area (Å²) in [6.07, 6.45) is 0. The van der Waals surface area contributed by atoms with Gasteiger partial charge in [-0.1, -0.05) is 72.2 Å². The molecular formula is C16H17Br. The number of halogens is 1. The second-order valence-corrected chi connectivity index (χ2v) is 5.47. The van der Waals surface area contributed by atoms with Gasteiger partial charge < -0.3 is 0 Å². The Labute approximate surface area is 112 Å². The van der Waals surface area contributed by atoms with Crippen molar-refractivity contribution in [3.63, 3.8) is 0 Å². The zero-order valence-electron chi connectivity index (χ0n) is 10.5. The molecule has 0 aromatic heterocycles. The Morgan fingerprint density at radius 3 is 2.18 bits per heavy atom. The quantitative estimate of drug-likeness (QED) is 0.680. The van der Waals surface area contributed by atoms with Crippen LogP contribution in [-0.4, -0.2) is 0 Å². The number of benzene rings is 2. The summed E-state index contributed by atoms with van der Waals surface area (Å²) in [5.41, 5.74) is 5.32. The largest absolute Gasteiger partial charge is 0.0622 e. The van der Waals surface area contributed by atoms with Crippen LogP contribution in [0.15, 0.2) is 46.9 Å². The molecule has 0 N–H and O–H groups in total. The van der Waals surface area contributed by atoms with Crippen molar-refractivity contribution in [2.45, 2.75) is 26.7 Å². The molecule has 2 aromatic rings. The molecule has 2 aromatic carbocycles. The lowest BCUT2D eigenvalue weighted by atomic mass is 9.91. The van der Waals surface area contributed by atoms with E-state index in [0.29, 0.717) is 5.92 Å². The molecule has 0 heterocycles. The second kappa shape index (κ2) is 5.05. The third kappa shape index (κ3) is 2.44. The van der Waals surface area contributed by atoms with Gasteiger partial charge in [0.15, 0.2) is 0 Å². The van der Waals surface area contributed by atoms with Gasteiger partial charge in [-0.05, 0) is 35.1 Å². The maximum absolute atomic E-state index is 3.73. The summed E-state index contributed by atoms with van der Waals surface area (Å²) < 4.78 is 1.24. The molecule has 0 unspecified atom stereocenters. The first-order valence-electron chi connectivity index (χ1n) is 5.95. The molecule has 0 radical (unpaired) electrons. The molecule has 0 amide bonds. The summed E-state index contributed by atoms with van der Waals surface area (Å²) in [5, 5.41) is 0. The molecule has 88 valence electrons. The third-order valence-electron chi connectivity index (χ3n) is 3.03. The van der Waals surface area contributed by atoms with Crippen molar-refractivity contribution in [3.8, 4) is 11.1 Å². The highest BCUT2D eigenvalue weighted by Crippen LogP contribution is 2.36. The fraction of sp³-hybridized carbons (Fsp3) is 0.250. The SMILES string of the molecule is Cc1ccc(-c2ccccc2)c(C(C)C)c1Br. The predicted molar refractivity (Wildman–Crippen MR) is 78.4 cm³/mol. The Morgan fingerprint density at radius 1 is 0.941 bits per heavy atom. The fourth-order valence-corrected chi connectivity index (χ4v) is 2.94. The third-order valence-corrected chi connectivity index (χ3v) is 4.09. The minimum atomic E-state index is 0.513. The van der Waals surface area contributed by atoms with E-state index in [-0.39, 0.29) is 0 Å². The molecule has 0 spiro atoms. The van der Waals surface area contributed by atoms with Crippen LogP contribution in [0.5, 0.6) is 0 Å². The summed E-state index contributed by atoms with van der Waals surface area (Å²) in [6, 6.07) is 15.0. The van der Waals surface area contributed by atoms with Crippen molar-refractivity contribution in [1.29, 1.82) is 0 Å². The fourth-order valence-electron chi connectivity index (χ4n) is 2.14. The van der Waals surface area contributed by atoms with Gasteiger partial charge in [0.05, 0.1) is 0 Å². The summed E-state index contributed by atoms with van der Waals surface area (Å²) in [4.78, 5) is 0. The van der Waals surface area contributed by atoms with Crippen LogP contribution in [0.1, 0.15) is 30.9 Å². The van der Waals surface area contributed by atoms with E-state index in [4.69, 9.17) is 0 Å². The first kappa shape index (κ1) is 12.4. The first-order valence-corrected chi connectivity index (χ1v) is 6.75. The van der Waals surface area contributed by atoms with Gasteiger partial charge in [-0.15, -0.1) is 0 Å². The maximum Gasteiger partial charge on any atom is 0.0245 e. The van der Waals surface area contributed by atoms with Gasteiger partial charge in [0.2, 0.25) is 0 Å². The topological polar surface area (TPSA) is 0 Å². The Bertz CT molecular complexity index is 513. The van der Waals surface area contributed by atoms with Crippen molar-refractivity contribution in [1.82, 2.24) is 0 Å². The van der Waals surface area contributed by atoms with Gasteiger partial charge in [0, 0.05) is 4.47 Å². The number of rotatable bonds is 2. The first-order chi connectivity index (χ1) is 8.11. The van der Waals surface area contributed by atoms with Gasteiger partial charge in [0.25, 0.3) is 0 Å². The van der Waals surface area contributed by atoms with E-state index in [1.54, 1.807) is 0 Å². The van der Waals surface area contributed by atoms with Gasteiger partial charge in [0.1, 0.15) is 0 Å². The number of hydrogen-bond donors (Lipinski definition) is 0. The van der Waals surface area contributed by atoms with E-state index < -0.39 is 0 Å². The van der Waals surface area contributed by atoms with E-state index in [0.717, 1.165) is 0 Å². The van der Waals surface area contributed by atoms with Crippen LogP contribution in [0.25, 0.3) is 11.1 Å². The zero-order chi connectivity index (χ0) is 12.4. The highest BCUT2D eigenvalue weighted by molar-refractivity contribution is 9.10. The predicted octanol–water partition coefficient (Wildman–Crippen LogP) is 5.55. The Hall–Kier alpha value is -1.08. The van der Waals surface area contributed by atoms with Crippen LogP contribution in [0.4, 0.5) is 0 Å². The zero-order valence-corrected chi connectivity index (χ0v) is 12.1. The Morgan fingerprint density at radius 2 is 1.59 bits per heavy atom. The molecule has 0 nitrogen and oxygen atoms in total. The maximum atomic E-state index is 3.73. The summed E-state index contributed by atoms with van der Waals surface area (Å²) >= 11 is 3.73. The molecule has 1 heteroatoms. The molecule has 0 aliphatic carbocycles. The Balaban J connectivity index is 2.67. The van der Waals surface area contributed by atoms with Crippen LogP contribution >= 0.6 is 15.9 Å². The molecule has 0 saturated carbocycles. The van der Waals surface area contributed by atoms with Crippen LogP contribution < -0.4 is 0 Å². The smallest absolute Gasteiger partial charge is 0.0245 e. The van der Waals surface area contributed by atoms with Crippen LogP contribution in [0.3, 0.4) is 0 Å². The summed E-state index contributed by atoms with van der Waals surface area (Å²) in [6.45, 7) is 6.63. The molecule has 17 heavy (non-hydrogen) atoms. The van der Waals surface area contributed by atoms with Gasteiger partial charge >= 0.3 is 0 Å². The normalized spacial score (nSPS) is 10.9. The average molecular weight is 289 g/mol. The highest BCUT2D eigenvalue weighted by atomic mass is 79.9. The summed E-state index contributed by atoms with van der Waals surface area (Å²) in [7, 11) is 0. The van der Waals surface area contributed by atoms with Crippen molar-refractivity contribution in [2.75, 3.05) is 0 Å². The molecule has 0 aliphatic rings. The molecule has 0 bridgehead atoms. The van der Waals surface area contributed by atoms with Gasteiger partial charge in [-0.2, -0.15) is 0 Å². The van der Waals surface area contributed by atoms with E-state index in [9.17, 15) is 0 Å². The molecule has 0 atom stereocenters. The molecule has 0 saturated heterocycles. The van der Waals surface area contributed by atoms with E-state index >= 15 is 0 Å². The standard InChI is InChI=1S/C16H17Br/c1-11(2)15-14(10-9-12(3)16(15)17)13-7-5-4-6-8-13/h4-11H,1-3H3. The van der Waals surface area contributed by atoms with Crippen molar-refractivity contribution < 1.29 is 0 Å². The minimum absolute atomic E-state index is 0.513. The summed E-state index contributed by atoms with van der Waals surface area (Å²) in [5.74, 6) is 0.513. The van der Waals surface area contributed by atoms with E-state index in [1.807, 2.05) is 0 Å². The number of aryl methyl sites for hydroxylation is 1. The second-order valence-electron chi connectivity index (χ2n) is 4.68. The number of hydrogen-bond acceptors (Lipinski definition) is 0. The van der Waals surface area contributed by atoms with Gasteiger partial charge in [-0.3, -0.25) is 0 Å². The van der Waals surface area contributed by atoms with Gasteiger partial charge in [-0.25, -0.2) is 0 Å². The molecule has 0 aliphatic heterocycles. The molecular weight excluding hydrogens is 272 g/mol. The van der Waals surface area contributed by atoms with Crippen molar-refractivity contribution in [2.24, 2.45) is 0 Å².